The van der Waals surface area contributed by atoms with Crippen molar-refractivity contribution in [1.82, 2.24) is 0 Å². The van der Waals surface area contributed by atoms with Crippen LogP contribution in [-0.4, -0.2) is 6.04 Å². The number of hydrogen-bond acceptors (Lipinski definition) is 1. The van der Waals surface area contributed by atoms with Crippen LogP contribution in [0.25, 0.3) is 0 Å². The maximum absolute atomic E-state index is 6.31. The summed E-state index contributed by atoms with van der Waals surface area (Å²) in [5.74, 6) is 0.988. The third kappa shape index (κ3) is 1.32. The van der Waals surface area contributed by atoms with E-state index >= 15 is 0 Å². The van der Waals surface area contributed by atoms with E-state index in [0.717, 1.165) is 5.92 Å². The smallest absolute Gasteiger partial charge is 0.00675 e. The van der Waals surface area contributed by atoms with Crippen molar-refractivity contribution >= 4 is 0 Å². The van der Waals surface area contributed by atoms with Gasteiger partial charge in [-0.3, -0.25) is 0 Å². The number of rotatable bonds is 1. The Morgan fingerprint density at radius 1 is 1.00 bits per heavy atom. The zero-order valence-electron chi connectivity index (χ0n) is 10.5. The van der Waals surface area contributed by atoms with Crippen LogP contribution in [0.5, 0.6) is 0 Å². The SMILES string of the molecule is C[C@H](N)C12CC3CC(C)(CC(C)(C3)C1)C2. The third-order valence-corrected chi connectivity index (χ3v) is 5.64. The fourth-order valence-corrected chi connectivity index (χ4v) is 6.04. The maximum Gasteiger partial charge on any atom is 0.00675 e. The molecule has 4 aliphatic rings. The van der Waals surface area contributed by atoms with Crippen molar-refractivity contribution in [3.05, 3.63) is 0 Å². The first-order chi connectivity index (χ1) is 6.85. The summed E-state index contributed by atoms with van der Waals surface area (Å²) in [5, 5.41) is 0. The van der Waals surface area contributed by atoms with Gasteiger partial charge in [0.1, 0.15) is 0 Å². The molecule has 0 aromatic rings. The van der Waals surface area contributed by atoms with Crippen molar-refractivity contribution in [2.75, 3.05) is 0 Å². The highest BCUT2D eigenvalue weighted by atomic mass is 14.7. The van der Waals surface area contributed by atoms with E-state index in [1.165, 1.54) is 38.5 Å². The van der Waals surface area contributed by atoms with Crippen molar-refractivity contribution in [1.29, 1.82) is 0 Å². The summed E-state index contributed by atoms with van der Waals surface area (Å²) < 4.78 is 0. The van der Waals surface area contributed by atoms with Crippen LogP contribution in [0.4, 0.5) is 0 Å². The Kier molecular flexibility index (Phi) is 1.77. The Morgan fingerprint density at radius 3 is 1.93 bits per heavy atom. The molecule has 3 atom stereocenters. The fourth-order valence-electron chi connectivity index (χ4n) is 6.04. The molecule has 4 aliphatic carbocycles. The molecule has 0 heterocycles. The lowest BCUT2D eigenvalue weighted by atomic mass is 9.39. The van der Waals surface area contributed by atoms with Crippen LogP contribution >= 0.6 is 0 Å². The second-order valence-corrected chi connectivity index (χ2v) is 7.78. The van der Waals surface area contributed by atoms with Crippen molar-refractivity contribution in [3.8, 4) is 0 Å². The molecule has 1 nitrogen and oxygen atoms in total. The van der Waals surface area contributed by atoms with Gasteiger partial charge in [0.05, 0.1) is 0 Å². The van der Waals surface area contributed by atoms with Crippen LogP contribution < -0.4 is 5.73 Å². The predicted octanol–water partition coefficient (Wildman–Crippen LogP) is 3.33. The van der Waals surface area contributed by atoms with Gasteiger partial charge >= 0.3 is 0 Å². The van der Waals surface area contributed by atoms with Crippen molar-refractivity contribution in [2.24, 2.45) is 27.9 Å². The fraction of sp³-hybridized carbons (Fsp3) is 1.00. The summed E-state index contributed by atoms with van der Waals surface area (Å²) in [7, 11) is 0. The van der Waals surface area contributed by atoms with Gasteiger partial charge in [0.2, 0.25) is 0 Å². The van der Waals surface area contributed by atoms with Crippen LogP contribution in [0.2, 0.25) is 0 Å². The Morgan fingerprint density at radius 2 is 1.53 bits per heavy atom. The molecule has 0 amide bonds. The zero-order valence-corrected chi connectivity index (χ0v) is 10.5. The molecule has 4 saturated carbocycles. The molecule has 2 unspecified atom stereocenters. The summed E-state index contributed by atoms with van der Waals surface area (Å²) in [6.45, 7) is 7.29. The lowest BCUT2D eigenvalue weighted by Gasteiger charge is -2.66. The van der Waals surface area contributed by atoms with Gasteiger partial charge < -0.3 is 5.73 Å². The molecule has 4 rings (SSSR count). The highest BCUT2D eigenvalue weighted by Crippen LogP contribution is 2.70. The van der Waals surface area contributed by atoms with E-state index in [4.69, 9.17) is 5.73 Å². The van der Waals surface area contributed by atoms with Gasteiger partial charge in [0.15, 0.2) is 0 Å². The van der Waals surface area contributed by atoms with Crippen molar-refractivity contribution < 1.29 is 0 Å². The van der Waals surface area contributed by atoms with E-state index in [2.05, 4.69) is 20.8 Å². The molecule has 0 saturated heterocycles. The Balaban J connectivity index is 2.02. The molecule has 2 N–H and O–H groups in total. The molecule has 0 aliphatic heterocycles. The third-order valence-electron chi connectivity index (χ3n) is 5.64. The van der Waals surface area contributed by atoms with Gasteiger partial charge in [-0.05, 0) is 67.6 Å². The molecule has 0 radical (unpaired) electrons. The van der Waals surface area contributed by atoms with Crippen molar-refractivity contribution in [2.45, 2.75) is 65.3 Å². The molecule has 4 bridgehead atoms. The lowest BCUT2D eigenvalue weighted by molar-refractivity contribution is -0.151. The number of nitrogens with two attached hydrogens (primary N) is 1. The van der Waals surface area contributed by atoms with E-state index in [0.29, 0.717) is 22.3 Å². The summed E-state index contributed by atoms with van der Waals surface area (Å²) in [6, 6.07) is 0.402. The zero-order chi connectivity index (χ0) is 10.9. The molecular formula is C14H25N. The Bertz CT molecular complexity index is 276. The second kappa shape index (κ2) is 2.61. The van der Waals surface area contributed by atoms with E-state index in [9.17, 15) is 0 Å². The minimum atomic E-state index is 0.402. The van der Waals surface area contributed by atoms with E-state index in [1.807, 2.05) is 0 Å². The molecular weight excluding hydrogens is 182 g/mol. The van der Waals surface area contributed by atoms with Crippen LogP contribution in [0, 0.1) is 22.2 Å². The van der Waals surface area contributed by atoms with Gasteiger partial charge in [-0.2, -0.15) is 0 Å². The minimum Gasteiger partial charge on any atom is -0.327 e. The van der Waals surface area contributed by atoms with Crippen LogP contribution in [0.3, 0.4) is 0 Å². The molecule has 1 heteroatoms. The maximum atomic E-state index is 6.31. The number of hydrogen-bond donors (Lipinski definition) is 1. The monoisotopic (exact) mass is 207 g/mol. The first-order valence-corrected chi connectivity index (χ1v) is 6.61. The molecule has 15 heavy (non-hydrogen) atoms. The van der Waals surface area contributed by atoms with Crippen molar-refractivity contribution in [3.63, 3.8) is 0 Å². The highest BCUT2D eigenvalue weighted by Gasteiger charge is 2.60. The Hall–Kier alpha value is -0.0400. The van der Waals surface area contributed by atoms with Gasteiger partial charge in [0.25, 0.3) is 0 Å². The normalized spacial score (nSPS) is 59.6. The molecule has 86 valence electrons. The lowest BCUT2D eigenvalue weighted by Crippen LogP contribution is -2.59. The summed E-state index contributed by atoms with van der Waals surface area (Å²) in [4.78, 5) is 0. The van der Waals surface area contributed by atoms with E-state index in [1.54, 1.807) is 0 Å². The average molecular weight is 207 g/mol. The standard InChI is InChI=1S/C14H25N/c1-10(15)14-6-11-4-12(2,8-14)7-13(3,5-11)9-14/h10-11H,4-9,15H2,1-3H3/t10-,11?,12?,13?,14?/m0/s1. The van der Waals surface area contributed by atoms with Gasteiger partial charge in [-0.15, -0.1) is 0 Å². The van der Waals surface area contributed by atoms with E-state index in [-0.39, 0.29) is 0 Å². The van der Waals surface area contributed by atoms with Crippen LogP contribution in [0.15, 0.2) is 0 Å². The second-order valence-electron chi connectivity index (χ2n) is 7.78. The molecule has 0 spiro atoms. The molecule has 0 aromatic carbocycles. The summed E-state index contributed by atoms with van der Waals surface area (Å²) in [6.07, 6.45) is 8.67. The van der Waals surface area contributed by atoms with Gasteiger partial charge in [0, 0.05) is 6.04 Å². The first-order valence-electron chi connectivity index (χ1n) is 6.61. The average Bonchev–Trinajstić information content (AvgIpc) is 1.95. The predicted molar refractivity (Wildman–Crippen MR) is 63.5 cm³/mol. The highest BCUT2D eigenvalue weighted by molar-refractivity contribution is 5.12. The Labute approximate surface area is 93.8 Å². The van der Waals surface area contributed by atoms with Gasteiger partial charge in [-0.1, -0.05) is 13.8 Å². The van der Waals surface area contributed by atoms with Crippen LogP contribution in [0.1, 0.15) is 59.3 Å². The summed E-state index contributed by atoms with van der Waals surface area (Å²) in [5.41, 5.74) is 8.07. The van der Waals surface area contributed by atoms with Crippen LogP contribution in [-0.2, 0) is 0 Å². The minimum absolute atomic E-state index is 0.402. The van der Waals surface area contributed by atoms with Gasteiger partial charge in [-0.25, -0.2) is 0 Å². The topological polar surface area (TPSA) is 26.0 Å². The van der Waals surface area contributed by atoms with E-state index < -0.39 is 0 Å². The largest absolute Gasteiger partial charge is 0.327 e. The first kappa shape index (κ1) is 10.1. The summed E-state index contributed by atoms with van der Waals surface area (Å²) >= 11 is 0. The molecule has 4 fully saturated rings. The quantitative estimate of drug-likeness (QED) is 0.701. The molecule has 0 aromatic heterocycles.